The molecule has 0 spiro atoms. The Morgan fingerprint density at radius 2 is 1.28 bits per heavy atom. The molecule has 0 aromatic carbocycles. The second-order valence-electron chi connectivity index (χ2n) is 6.19. The molecule has 1 aliphatic heterocycles. The summed E-state index contributed by atoms with van der Waals surface area (Å²) in [5.74, 6) is -2.97. The predicted molar refractivity (Wildman–Crippen MR) is 91.0 cm³/mol. The standard InChI is InChI=1S/C17H26O12/c1-8(20)24-7-13-14(25-9(2)21)15(26-10(3)22)16(27-11(4)23)17(29-13)28-12(5-18)6-19/h12-19H,5-7H2,1-4H3/t13?,14-,15?,16?,17+/m0/s1. The van der Waals surface area contributed by atoms with Crippen molar-refractivity contribution in [3.05, 3.63) is 0 Å². The van der Waals surface area contributed by atoms with E-state index in [1.807, 2.05) is 0 Å². The summed E-state index contributed by atoms with van der Waals surface area (Å²) in [6.07, 6.45) is -7.81. The van der Waals surface area contributed by atoms with E-state index >= 15 is 0 Å². The fraction of sp³-hybridized carbons (Fsp3) is 0.765. The van der Waals surface area contributed by atoms with Crippen LogP contribution >= 0.6 is 0 Å². The van der Waals surface area contributed by atoms with E-state index in [1.54, 1.807) is 0 Å². The fourth-order valence-electron chi connectivity index (χ4n) is 2.63. The maximum absolute atomic E-state index is 11.6. The highest BCUT2D eigenvalue weighted by atomic mass is 16.7. The molecule has 1 fully saturated rings. The highest BCUT2D eigenvalue weighted by Gasteiger charge is 2.53. The number of ether oxygens (including phenoxy) is 6. The minimum absolute atomic E-state index is 0.402. The first-order valence-electron chi connectivity index (χ1n) is 8.76. The van der Waals surface area contributed by atoms with Gasteiger partial charge < -0.3 is 38.6 Å². The van der Waals surface area contributed by atoms with Gasteiger partial charge in [0, 0.05) is 27.7 Å². The molecule has 2 N–H and O–H groups in total. The third-order valence-corrected chi connectivity index (χ3v) is 3.68. The molecule has 0 aliphatic carbocycles. The largest absolute Gasteiger partial charge is 0.463 e. The first kappa shape index (κ1) is 24.8. The monoisotopic (exact) mass is 422 g/mol. The third-order valence-electron chi connectivity index (χ3n) is 3.68. The lowest BCUT2D eigenvalue weighted by Crippen LogP contribution is -2.63. The van der Waals surface area contributed by atoms with Crippen molar-refractivity contribution >= 4 is 23.9 Å². The molecule has 1 aliphatic rings. The summed E-state index contributed by atoms with van der Waals surface area (Å²) in [6.45, 7) is 2.84. The molecular weight excluding hydrogens is 396 g/mol. The number of esters is 4. The maximum Gasteiger partial charge on any atom is 0.303 e. The second-order valence-corrected chi connectivity index (χ2v) is 6.19. The summed E-state index contributed by atoms with van der Waals surface area (Å²) in [5.41, 5.74) is 0. The van der Waals surface area contributed by atoms with Gasteiger partial charge in [-0.25, -0.2) is 0 Å². The number of aliphatic hydroxyl groups excluding tert-OH is 2. The van der Waals surface area contributed by atoms with E-state index in [4.69, 9.17) is 28.4 Å². The molecule has 3 unspecified atom stereocenters. The Hall–Kier alpha value is -2.28. The zero-order valence-corrected chi connectivity index (χ0v) is 16.6. The van der Waals surface area contributed by atoms with Crippen LogP contribution in [0.15, 0.2) is 0 Å². The van der Waals surface area contributed by atoms with E-state index in [1.165, 1.54) is 0 Å². The number of hydrogen-bond acceptors (Lipinski definition) is 12. The summed E-state index contributed by atoms with van der Waals surface area (Å²) in [7, 11) is 0. The molecule has 0 aromatic rings. The van der Waals surface area contributed by atoms with Crippen LogP contribution in [0.4, 0.5) is 0 Å². The van der Waals surface area contributed by atoms with Gasteiger partial charge in [-0.3, -0.25) is 19.2 Å². The SMILES string of the molecule is CC(=O)OCC1O[C@@H](OC(CO)CO)C(OC(C)=O)C(OC(C)=O)[C@H]1OC(C)=O. The number of rotatable bonds is 9. The maximum atomic E-state index is 11.6. The molecule has 0 saturated carbocycles. The van der Waals surface area contributed by atoms with Crippen molar-refractivity contribution in [2.24, 2.45) is 0 Å². The molecule has 1 heterocycles. The number of carbonyl (C=O) groups is 4. The molecule has 0 radical (unpaired) electrons. The van der Waals surface area contributed by atoms with Crippen LogP contribution < -0.4 is 0 Å². The molecule has 29 heavy (non-hydrogen) atoms. The van der Waals surface area contributed by atoms with E-state index in [0.29, 0.717) is 0 Å². The Kier molecular flexibility index (Phi) is 9.95. The van der Waals surface area contributed by atoms with Gasteiger partial charge in [-0.2, -0.15) is 0 Å². The van der Waals surface area contributed by atoms with E-state index in [-0.39, 0.29) is 0 Å². The summed E-state index contributed by atoms with van der Waals surface area (Å²) in [5, 5.41) is 18.6. The summed E-state index contributed by atoms with van der Waals surface area (Å²) < 4.78 is 31.6. The minimum Gasteiger partial charge on any atom is -0.463 e. The predicted octanol–water partition coefficient (Wildman–Crippen LogP) is -1.56. The van der Waals surface area contributed by atoms with Crippen molar-refractivity contribution in [3.8, 4) is 0 Å². The fourth-order valence-corrected chi connectivity index (χ4v) is 2.63. The molecule has 0 bridgehead atoms. The van der Waals surface area contributed by atoms with Crippen LogP contribution in [0.3, 0.4) is 0 Å². The van der Waals surface area contributed by atoms with Gasteiger partial charge in [0.2, 0.25) is 0 Å². The lowest BCUT2D eigenvalue weighted by molar-refractivity contribution is -0.320. The Morgan fingerprint density at radius 1 is 0.793 bits per heavy atom. The number of aliphatic hydroxyl groups is 2. The molecule has 1 saturated heterocycles. The van der Waals surface area contributed by atoms with Gasteiger partial charge in [-0.15, -0.1) is 0 Å². The van der Waals surface area contributed by atoms with E-state index < -0.39 is 80.5 Å². The first-order valence-corrected chi connectivity index (χ1v) is 8.76. The molecule has 0 aromatic heterocycles. The van der Waals surface area contributed by atoms with Gasteiger partial charge in [0.1, 0.15) is 18.8 Å². The van der Waals surface area contributed by atoms with Gasteiger partial charge >= 0.3 is 23.9 Å². The molecule has 12 nitrogen and oxygen atoms in total. The van der Waals surface area contributed by atoms with E-state index in [9.17, 15) is 29.4 Å². The van der Waals surface area contributed by atoms with Crippen LogP contribution in [0.25, 0.3) is 0 Å². The first-order chi connectivity index (χ1) is 13.6. The van der Waals surface area contributed by atoms with Crippen molar-refractivity contribution in [2.45, 2.75) is 64.5 Å². The van der Waals surface area contributed by atoms with Gasteiger partial charge in [-0.1, -0.05) is 0 Å². The van der Waals surface area contributed by atoms with Crippen molar-refractivity contribution < 1.29 is 57.8 Å². The van der Waals surface area contributed by atoms with Crippen molar-refractivity contribution in [3.63, 3.8) is 0 Å². The normalized spacial score (nSPS) is 26.5. The van der Waals surface area contributed by atoms with E-state index in [2.05, 4.69) is 0 Å². The van der Waals surface area contributed by atoms with Crippen LogP contribution in [0.1, 0.15) is 27.7 Å². The topological polar surface area (TPSA) is 164 Å². The van der Waals surface area contributed by atoms with Crippen LogP contribution in [0, 0.1) is 0 Å². The molecule has 12 heteroatoms. The number of hydrogen-bond donors (Lipinski definition) is 2. The van der Waals surface area contributed by atoms with Crippen LogP contribution in [0.2, 0.25) is 0 Å². The Morgan fingerprint density at radius 3 is 1.72 bits per heavy atom. The summed E-state index contributed by atoms with van der Waals surface area (Å²) in [4.78, 5) is 46.0. The van der Waals surface area contributed by atoms with Crippen LogP contribution in [-0.2, 0) is 47.6 Å². The molecule has 1 rings (SSSR count). The Labute approximate surface area is 166 Å². The Balaban J connectivity index is 3.31. The van der Waals surface area contributed by atoms with Gasteiger partial charge in [-0.05, 0) is 0 Å². The quantitative estimate of drug-likeness (QED) is 0.325. The lowest BCUT2D eigenvalue weighted by atomic mass is 9.98. The minimum atomic E-state index is -1.44. The Bertz CT molecular complexity index is 587. The average Bonchev–Trinajstić information content (AvgIpc) is 2.61. The van der Waals surface area contributed by atoms with Crippen molar-refractivity contribution in [1.29, 1.82) is 0 Å². The highest BCUT2D eigenvalue weighted by Crippen LogP contribution is 2.30. The van der Waals surface area contributed by atoms with Gasteiger partial charge in [0.25, 0.3) is 0 Å². The lowest BCUT2D eigenvalue weighted by Gasteiger charge is -2.44. The third kappa shape index (κ3) is 7.93. The average molecular weight is 422 g/mol. The highest BCUT2D eigenvalue weighted by molar-refractivity contribution is 5.68. The van der Waals surface area contributed by atoms with Crippen molar-refractivity contribution in [1.82, 2.24) is 0 Å². The second kappa shape index (κ2) is 11.7. The van der Waals surface area contributed by atoms with E-state index in [0.717, 1.165) is 27.7 Å². The van der Waals surface area contributed by atoms with Crippen molar-refractivity contribution in [2.75, 3.05) is 19.8 Å². The molecule has 166 valence electrons. The van der Waals surface area contributed by atoms with Crippen LogP contribution in [-0.4, -0.2) is 90.7 Å². The molecule has 5 atom stereocenters. The van der Waals surface area contributed by atoms with Crippen LogP contribution in [0.5, 0.6) is 0 Å². The molecule has 0 amide bonds. The van der Waals surface area contributed by atoms with Gasteiger partial charge in [0.05, 0.1) is 13.2 Å². The number of carbonyl (C=O) groups excluding carboxylic acids is 4. The zero-order chi connectivity index (χ0) is 22.1. The smallest absolute Gasteiger partial charge is 0.303 e. The zero-order valence-electron chi connectivity index (χ0n) is 16.6. The summed E-state index contributed by atoms with van der Waals surface area (Å²) in [6, 6.07) is 0. The summed E-state index contributed by atoms with van der Waals surface area (Å²) >= 11 is 0. The van der Waals surface area contributed by atoms with Gasteiger partial charge in [0.15, 0.2) is 24.6 Å². The molecular formula is C17H26O12.